The number of para-hydroxylation sites is 2. The first-order valence-electron chi connectivity index (χ1n) is 6.53. The average molecular weight is 288 g/mol. The number of rotatable bonds is 6. The molecule has 0 spiro atoms. The Kier molecular flexibility index (Phi) is 4.98. The molecule has 0 saturated carbocycles. The monoisotopic (exact) mass is 288 g/mol. The van der Waals surface area contributed by atoms with E-state index in [0.717, 1.165) is 0 Å². The SMILES string of the molecule is CCOc1ccccc1NC(=O)COc1ccc[nH]c1=O. The van der Waals surface area contributed by atoms with Gasteiger partial charge in [-0.3, -0.25) is 9.59 Å². The van der Waals surface area contributed by atoms with Crippen LogP contribution in [0.2, 0.25) is 0 Å². The predicted octanol–water partition coefficient (Wildman–Crippen LogP) is 1.79. The molecule has 0 atom stereocenters. The fourth-order valence-corrected chi connectivity index (χ4v) is 1.70. The van der Waals surface area contributed by atoms with E-state index in [9.17, 15) is 9.59 Å². The highest BCUT2D eigenvalue weighted by atomic mass is 16.5. The number of carbonyl (C=O) groups excluding carboxylic acids is 1. The molecule has 21 heavy (non-hydrogen) atoms. The highest BCUT2D eigenvalue weighted by molar-refractivity contribution is 5.93. The third-order valence-electron chi connectivity index (χ3n) is 2.60. The highest BCUT2D eigenvalue weighted by Crippen LogP contribution is 2.23. The van der Waals surface area contributed by atoms with Crippen LogP contribution in [0.3, 0.4) is 0 Å². The van der Waals surface area contributed by atoms with Crippen molar-refractivity contribution in [2.24, 2.45) is 0 Å². The zero-order valence-corrected chi connectivity index (χ0v) is 11.6. The second kappa shape index (κ2) is 7.14. The Morgan fingerprint density at radius 3 is 2.67 bits per heavy atom. The Hall–Kier alpha value is -2.76. The van der Waals surface area contributed by atoms with Crippen LogP contribution in [-0.2, 0) is 4.79 Å². The molecular formula is C15H16N2O4. The second-order valence-electron chi connectivity index (χ2n) is 4.13. The van der Waals surface area contributed by atoms with Crippen molar-refractivity contribution in [3.05, 3.63) is 52.9 Å². The van der Waals surface area contributed by atoms with E-state index in [1.165, 1.54) is 12.3 Å². The third kappa shape index (κ3) is 4.10. The minimum atomic E-state index is -0.375. The maximum absolute atomic E-state index is 11.8. The van der Waals surface area contributed by atoms with Crippen LogP contribution in [0.15, 0.2) is 47.4 Å². The maximum Gasteiger partial charge on any atom is 0.290 e. The molecule has 1 aromatic heterocycles. The van der Waals surface area contributed by atoms with Crippen LogP contribution in [0.25, 0.3) is 0 Å². The van der Waals surface area contributed by atoms with Gasteiger partial charge in [-0.15, -0.1) is 0 Å². The van der Waals surface area contributed by atoms with Crippen molar-refractivity contribution in [1.82, 2.24) is 4.98 Å². The van der Waals surface area contributed by atoms with E-state index in [1.807, 2.05) is 13.0 Å². The summed E-state index contributed by atoms with van der Waals surface area (Å²) in [6.07, 6.45) is 1.49. The summed E-state index contributed by atoms with van der Waals surface area (Å²) in [5.41, 5.74) is 0.190. The number of hydrogen-bond acceptors (Lipinski definition) is 4. The van der Waals surface area contributed by atoms with Gasteiger partial charge in [0, 0.05) is 6.20 Å². The van der Waals surface area contributed by atoms with Gasteiger partial charge in [0.25, 0.3) is 11.5 Å². The molecule has 110 valence electrons. The summed E-state index contributed by atoms with van der Waals surface area (Å²) in [4.78, 5) is 25.7. The highest BCUT2D eigenvalue weighted by Gasteiger charge is 2.09. The van der Waals surface area contributed by atoms with Crippen molar-refractivity contribution < 1.29 is 14.3 Å². The Balaban J connectivity index is 1.96. The quantitative estimate of drug-likeness (QED) is 0.849. The summed E-state index contributed by atoms with van der Waals surface area (Å²) in [6, 6.07) is 10.2. The number of aromatic nitrogens is 1. The Bertz CT molecular complexity index is 666. The van der Waals surface area contributed by atoms with Crippen molar-refractivity contribution in [2.45, 2.75) is 6.92 Å². The number of hydrogen-bond donors (Lipinski definition) is 2. The molecule has 0 radical (unpaired) electrons. The molecule has 0 bridgehead atoms. The van der Waals surface area contributed by atoms with Crippen molar-refractivity contribution in [3.8, 4) is 11.5 Å². The van der Waals surface area contributed by atoms with Crippen molar-refractivity contribution >= 4 is 11.6 Å². The first-order chi connectivity index (χ1) is 10.2. The molecule has 0 aliphatic carbocycles. The lowest BCUT2D eigenvalue weighted by Gasteiger charge is -2.11. The fraction of sp³-hybridized carbons (Fsp3) is 0.200. The van der Waals surface area contributed by atoms with Gasteiger partial charge >= 0.3 is 0 Å². The number of pyridine rings is 1. The van der Waals surface area contributed by atoms with E-state index in [2.05, 4.69) is 10.3 Å². The van der Waals surface area contributed by atoms with Crippen molar-refractivity contribution in [1.29, 1.82) is 0 Å². The second-order valence-corrected chi connectivity index (χ2v) is 4.13. The molecule has 2 N–H and O–H groups in total. The van der Waals surface area contributed by atoms with Crippen molar-refractivity contribution in [3.63, 3.8) is 0 Å². The lowest BCUT2D eigenvalue weighted by molar-refractivity contribution is -0.118. The van der Waals surface area contributed by atoms with Crippen LogP contribution in [0.1, 0.15) is 6.92 Å². The van der Waals surface area contributed by atoms with E-state index in [0.29, 0.717) is 18.0 Å². The molecule has 2 aromatic rings. The molecule has 0 aliphatic rings. The Morgan fingerprint density at radius 2 is 1.90 bits per heavy atom. The average Bonchev–Trinajstić information content (AvgIpc) is 2.49. The van der Waals surface area contributed by atoms with Crippen LogP contribution in [-0.4, -0.2) is 24.1 Å². The minimum absolute atomic E-state index is 0.103. The number of benzene rings is 1. The van der Waals surface area contributed by atoms with Gasteiger partial charge in [0.15, 0.2) is 12.4 Å². The van der Waals surface area contributed by atoms with Gasteiger partial charge in [-0.2, -0.15) is 0 Å². The van der Waals surface area contributed by atoms with E-state index < -0.39 is 0 Å². The molecule has 1 aromatic carbocycles. The van der Waals surface area contributed by atoms with Crippen LogP contribution >= 0.6 is 0 Å². The lowest BCUT2D eigenvalue weighted by Crippen LogP contribution is -2.22. The topological polar surface area (TPSA) is 80.4 Å². The summed E-state index contributed by atoms with van der Waals surface area (Å²) < 4.78 is 10.6. The first kappa shape index (κ1) is 14.6. The van der Waals surface area contributed by atoms with Crippen LogP contribution in [0.5, 0.6) is 11.5 Å². The molecule has 0 unspecified atom stereocenters. The number of anilines is 1. The molecule has 0 aliphatic heterocycles. The summed E-state index contributed by atoms with van der Waals surface area (Å²) in [6.45, 7) is 2.11. The zero-order valence-electron chi connectivity index (χ0n) is 11.6. The van der Waals surface area contributed by atoms with Crippen LogP contribution < -0.4 is 20.3 Å². The zero-order chi connectivity index (χ0) is 15.1. The molecular weight excluding hydrogens is 272 g/mol. The number of aromatic amines is 1. The van der Waals surface area contributed by atoms with Gasteiger partial charge in [0.05, 0.1) is 12.3 Å². The molecule has 6 heteroatoms. The molecule has 1 amide bonds. The molecule has 1 heterocycles. The van der Waals surface area contributed by atoms with Gasteiger partial charge < -0.3 is 19.8 Å². The predicted molar refractivity (Wildman–Crippen MR) is 78.8 cm³/mol. The van der Waals surface area contributed by atoms with Gasteiger partial charge in [0.1, 0.15) is 5.75 Å². The molecule has 0 fully saturated rings. The minimum Gasteiger partial charge on any atom is -0.492 e. The van der Waals surface area contributed by atoms with E-state index in [4.69, 9.17) is 9.47 Å². The summed E-state index contributed by atoms with van der Waals surface area (Å²) in [7, 11) is 0. The number of H-pyrrole nitrogens is 1. The summed E-state index contributed by atoms with van der Waals surface area (Å²) in [5, 5.41) is 2.68. The number of amides is 1. The largest absolute Gasteiger partial charge is 0.492 e. The number of nitrogens with one attached hydrogen (secondary N) is 2. The van der Waals surface area contributed by atoms with Gasteiger partial charge in [-0.1, -0.05) is 12.1 Å². The molecule has 0 saturated heterocycles. The number of ether oxygens (including phenoxy) is 2. The van der Waals surface area contributed by atoms with E-state index >= 15 is 0 Å². The number of carbonyl (C=O) groups is 1. The smallest absolute Gasteiger partial charge is 0.290 e. The van der Waals surface area contributed by atoms with Crippen molar-refractivity contribution in [2.75, 3.05) is 18.5 Å². The third-order valence-corrected chi connectivity index (χ3v) is 2.60. The van der Waals surface area contributed by atoms with Gasteiger partial charge in [-0.05, 0) is 31.2 Å². The maximum atomic E-state index is 11.8. The first-order valence-corrected chi connectivity index (χ1v) is 6.53. The standard InChI is InChI=1S/C15H16N2O4/c1-2-20-12-7-4-3-6-11(12)17-14(18)10-21-13-8-5-9-16-15(13)19/h3-9H,2,10H2,1H3,(H,16,19)(H,17,18). The normalized spacial score (nSPS) is 9.95. The molecule has 6 nitrogen and oxygen atoms in total. The Morgan fingerprint density at radius 1 is 1.14 bits per heavy atom. The van der Waals surface area contributed by atoms with E-state index in [1.54, 1.807) is 24.3 Å². The summed E-state index contributed by atoms with van der Waals surface area (Å²) in [5.74, 6) is 0.321. The van der Waals surface area contributed by atoms with Gasteiger partial charge in [0.2, 0.25) is 0 Å². The van der Waals surface area contributed by atoms with Crippen LogP contribution in [0.4, 0.5) is 5.69 Å². The van der Waals surface area contributed by atoms with Crippen LogP contribution in [0, 0.1) is 0 Å². The summed E-state index contributed by atoms with van der Waals surface area (Å²) >= 11 is 0. The molecule has 2 rings (SSSR count). The fourth-order valence-electron chi connectivity index (χ4n) is 1.70. The van der Waals surface area contributed by atoms with Gasteiger partial charge in [-0.25, -0.2) is 0 Å². The lowest BCUT2D eigenvalue weighted by atomic mass is 10.3. The Labute approximate surface area is 121 Å². The van der Waals surface area contributed by atoms with E-state index in [-0.39, 0.29) is 23.8 Å².